The van der Waals surface area contributed by atoms with E-state index in [1.807, 2.05) is 22.9 Å². The highest BCUT2D eigenvalue weighted by molar-refractivity contribution is 5.90. The molecule has 0 atom stereocenters. The lowest BCUT2D eigenvalue weighted by molar-refractivity contribution is 0.629. The van der Waals surface area contributed by atoms with Crippen LogP contribution in [0.4, 0.5) is 4.39 Å². The van der Waals surface area contributed by atoms with E-state index in [-0.39, 0.29) is 5.82 Å². The van der Waals surface area contributed by atoms with E-state index >= 15 is 0 Å². The van der Waals surface area contributed by atoms with Crippen LogP contribution in [0.15, 0.2) is 54.7 Å². The number of aromatic nitrogens is 3. The van der Waals surface area contributed by atoms with E-state index < -0.39 is 0 Å². The summed E-state index contributed by atoms with van der Waals surface area (Å²) in [6, 6.07) is 16.7. The molecule has 2 aromatic heterocycles. The van der Waals surface area contributed by atoms with E-state index in [4.69, 9.17) is 0 Å². The number of fused-ring (bicyclic) bond motifs is 1. The molecule has 0 radical (unpaired) electrons. The number of nitrogens with zero attached hydrogens (tertiary/aromatic N) is 3. The maximum atomic E-state index is 13.4. The lowest BCUT2D eigenvalue weighted by Gasteiger charge is -2.11. The molecule has 4 aromatic rings. The number of rotatable bonds is 3. The van der Waals surface area contributed by atoms with Crippen LogP contribution in [0.5, 0.6) is 0 Å². The van der Waals surface area contributed by atoms with Crippen LogP contribution in [0.3, 0.4) is 0 Å². The third-order valence-electron chi connectivity index (χ3n) is 4.50. The Balaban J connectivity index is 1.80. The number of hydrogen-bond donors (Lipinski definition) is 1. The van der Waals surface area contributed by atoms with Crippen molar-refractivity contribution < 1.29 is 4.39 Å². The summed E-state index contributed by atoms with van der Waals surface area (Å²) < 4.78 is 15.4. The lowest BCUT2D eigenvalue weighted by Crippen LogP contribution is -1.98. The van der Waals surface area contributed by atoms with E-state index in [9.17, 15) is 9.65 Å². The molecule has 0 saturated carbocycles. The molecule has 0 saturated heterocycles. The first-order valence-electron chi connectivity index (χ1n) is 8.57. The van der Waals surface area contributed by atoms with Gasteiger partial charge >= 0.3 is 0 Å². The number of allylic oxidation sites excluding steroid dienone is 1. The van der Waals surface area contributed by atoms with Crippen LogP contribution in [0.25, 0.3) is 28.4 Å². The minimum absolute atomic E-state index is 0.344. The Labute approximate surface area is 156 Å². The Morgan fingerprint density at radius 3 is 2.81 bits per heavy atom. The maximum Gasteiger partial charge on any atom is 0.149 e. The molecule has 0 amide bonds. The molecular formula is C22H17FN4. The van der Waals surface area contributed by atoms with Gasteiger partial charge in [0, 0.05) is 17.6 Å². The van der Waals surface area contributed by atoms with Gasteiger partial charge in [0.2, 0.25) is 0 Å². The van der Waals surface area contributed by atoms with Crippen molar-refractivity contribution in [1.82, 2.24) is 14.5 Å². The van der Waals surface area contributed by atoms with Crippen molar-refractivity contribution in [2.24, 2.45) is 0 Å². The SMILES string of the molecule is Cc1ccc(-n2cccc2/C=C(/C#N)c2nc3ccc(F)cc3[nH]2)c(C)c1. The van der Waals surface area contributed by atoms with Gasteiger partial charge in [0.15, 0.2) is 0 Å². The molecule has 0 spiro atoms. The monoisotopic (exact) mass is 356 g/mol. The molecule has 0 fully saturated rings. The van der Waals surface area contributed by atoms with Crippen LogP contribution in [0.1, 0.15) is 22.6 Å². The second kappa shape index (κ2) is 6.58. The van der Waals surface area contributed by atoms with Gasteiger partial charge in [-0.3, -0.25) is 0 Å². The maximum absolute atomic E-state index is 13.4. The van der Waals surface area contributed by atoms with Crippen molar-refractivity contribution >= 4 is 22.7 Å². The summed E-state index contributed by atoms with van der Waals surface area (Å²) in [4.78, 5) is 7.44. The van der Waals surface area contributed by atoms with E-state index in [0.717, 1.165) is 16.9 Å². The fourth-order valence-corrected chi connectivity index (χ4v) is 3.22. The first-order chi connectivity index (χ1) is 13.0. The molecule has 132 valence electrons. The molecule has 1 N–H and O–H groups in total. The van der Waals surface area contributed by atoms with E-state index in [1.165, 1.54) is 17.7 Å². The van der Waals surface area contributed by atoms with Gasteiger partial charge in [-0.05, 0) is 61.9 Å². The second-order valence-electron chi connectivity index (χ2n) is 6.51. The summed E-state index contributed by atoms with van der Waals surface area (Å²) in [6.07, 6.45) is 3.75. The van der Waals surface area contributed by atoms with Gasteiger partial charge < -0.3 is 9.55 Å². The van der Waals surface area contributed by atoms with Gasteiger partial charge in [-0.25, -0.2) is 9.37 Å². The van der Waals surface area contributed by atoms with Gasteiger partial charge in [0.25, 0.3) is 0 Å². The first-order valence-corrected chi connectivity index (χ1v) is 8.57. The van der Waals surface area contributed by atoms with Crippen molar-refractivity contribution in [2.75, 3.05) is 0 Å². The topological polar surface area (TPSA) is 57.4 Å². The number of H-pyrrole nitrogens is 1. The third kappa shape index (κ3) is 3.13. The van der Waals surface area contributed by atoms with Crippen LogP contribution in [-0.4, -0.2) is 14.5 Å². The van der Waals surface area contributed by atoms with Crippen LogP contribution >= 0.6 is 0 Å². The summed E-state index contributed by atoms with van der Waals surface area (Å²) >= 11 is 0. The summed E-state index contributed by atoms with van der Waals surface area (Å²) in [5.74, 6) is 0.0791. The zero-order chi connectivity index (χ0) is 19.0. The molecule has 4 nitrogen and oxygen atoms in total. The highest BCUT2D eigenvalue weighted by atomic mass is 19.1. The Morgan fingerprint density at radius 2 is 2.04 bits per heavy atom. The molecule has 2 heterocycles. The average Bonchev–Trinajstić information content (AvgIpc) is 3.25. The lowest BCUT2D eigenvalue weighted by atomic mass is 10.1. The highest BCUT2D eigenvalue weighted by Gasteiger charge is 2.11. The summed E-state index contributed by atoms with van der Waals surface area (Å²) in [6.45, 7) is 4.13. The number of benzene rings is 2. The van der Waals surface area contributed by atoms with Gasteiger partial charge in [0.1, 0.15) is 17.7 Å². The molecular weight excluding hydrogens is 339 g/mol. The Hall–Kier alpha value is -3.65. The normalized spacial score (nSPS) is 11.7. The Bertz CT molecular complexity index is 1220. The fraction of sp³-hybridized carbons (Fsp3) is 0.0909. The smallest absolute Gasteiger partial charge is 0.149 e. The number of aryl methyl sites for hydroxylation is 2. The predicted molar refractivity (Wildman–Crippen MR) is 105 cm³/mol. The first kappa shape index (κ1) is 16.8. The van der Waals surface area contributed by atoms with Gasteiger partial charge in [0.05, 0.1) is 16.6 Å². The van der Waals surface area contributed by atoms with Crippen molar-refractivity contribution in [3.8, 4) is 11.8 Å². The van der Waals surface area contributed by atoms with Crippen LogP contribution in [0.2, 0.25) is 0 Å². The van der Waals surface area contributed by atoms with E-state index in [2.05, 4.69) is 48.1 Å². The van der Waals surface area contributed by atoms with E-state index in [0.29, 0.717) is 22.4 Å². The minimum atomic E-state index is -0.344. The van der Waals surface area contributed by atoms with Crippen molar-refractivity contribution in [3.05, 3.63) is 83.2 Å². The number of nitrogens with one attached hydrogen (secondary N) is 1. The zero-order valence-corrected chi connectivity index (χ0v) is 15.0. The number of halogens is 1. The molecule has 27 heavy (non-hydrogen) atoms. The molecule has 0 aliphatic rings. The van der Waals surface area contributed by atoms with Gasteiger partial charge in [-0.15, -0.1) is 0 Å². The van der Waals surface area contributed by atoms with Crippen LogP contribution in [-0.2, 0) is 0 Å². The minimum Gasteiger partial charge on any atom is -0.337 e. The second-order valence-corrected chi connectivity index (χ2v) is 6.51. The largest absolute Gasteiger partial charge is 0.337 e. The van der Waals surface area contributed by atoms with Crippen molar-refractivity contribution in [1.29, 1.82) is 5.26 Å². The van der Waals surface area contributed by atoms with Crippen molar-refractivity contribution in [3.63, 3.8) is 0 Å². The number of imidazole rings is 1. The Morgan fingerprint density at radius 1 is 1.19 bits per heavy atom. The molecule has 2 aromatic carbocycles. The number of aromatic amines is 1. The van der Waals surface area contributed by atoms with Gasteiger partial charge in [-0.2, -0.15) is 5.26 Å². The molecule has 4 rings (SSSR count). The summed E-state index contributed by atoms with van der Waals surface area (Å²) in [7, 11) is 0. The summed E-state index contributed by atoms with van der Waals surface area (Å²) in [5, 5.41) is 9.65. The van der Waals surface area contributed by atoms with Gasteiger partial charge in [-0.1, -0.05) is 17.7 Å². The van der Waals surface area contributed by atoms with E-state index in [1.54, 1.807) is 12.1 Å². The zero-order valence-electron chi connectivity index (χ0n) is 15.0. The molecule has 5 heteroatoms. The third-order valence-corrected chi connectivity index (χ3v) is 4.50. The fourth-order valence-electron chi connectivity index (χ4n) is 3.22. The molecule has 0 aliphatic heterocycles. The number of hydrogen-bond acceptors (Lipinski definition) is 2. The van der Waals surface area contributed by atoms with Crippen LogP contribution in [0, 0.1) is 31.0 Å². The number of nitriles is 1. The summed E-state index contributed by atoms with van der Waals surface area (Å²) in [5.41, 5.74) is 5.85. The van der Waals surface area contributed by atoms with Crippen LogP contribution < -0.4 is 0 Å². The standard InChI is InChI=1S/C22H17FN4/c1-14-5-8-21(15(2)10-14)27-9-3-4-18(27)11-16(13-24)22-25-19-7-6-17(23)12-20(19)26-22/h3-12H,1-2H3,(H,25,26)/b16-11-. The molecule has 0 bridgehead atoms. The highest BCUT2D eigenvalue weighted by Crippen LogP contribution is 2.23. The Kier molecular flexibility index (Phi) is 4.09. The molecule has 0 unspecified atom stereocenters. The quantitative estimate of drug-likeness (QED) is 0.515. The predicted octanol–water partition coefficient (Wildman–Crippen LogP) is 5.17. The molecule has 0 aliphatic carbocycles. The van der Waals surface area contributed by atoms with Crippen molar-refractivity contribution in [2.45, 2.75) is 13.8 Å². The average molecular weight is 356 g/mol.